The minimum absolute atomic E-state index is 0.147. The zero-order valence-corrected chi connectivity index (χ0v) is 19.8. The highest BCUT2D eigenvalue weighted by Gasteiger charge is 2.52. The van der Waals surface area contributed by atoms with E-state index in [0.717, 1.165) is 0 Å². The lowest BCUT2D eigenvalue weighted by molar-refractivity contribution is -0.342. The number of aliphatic hydroxyl groups is 5. The molecule has 16 nitrogen and oxygen atoms in total. The van der Waals surface area contributed by atoms with Crippen molar-refractivity contribution in [3.8, 4) is 0 Å². The van der Waals surface area contributed by atoms with Gasteiger partial charge in [0.25, 0.3) is 0 Å². The Balaban J connectivity index is 1.44. The number of azide groups is 1. The van der Waals surface area contributed by atoms with Gasteiger partial charge >= 0.3 is 0 Å². The largest absolute Gasteiger partial charge is 0.450 e. The Hall–Kier alpha value is -1.66. The number of aliphatic imine (C=N–C) groups is 1. The van der Waals surface area contributed by atoms with Gasteiger partial charge in [-0.15, -0.1) is 0 Å². The van der Waals surface area contributed by atoms with Crippen molar-refractivity contribution in [3.05, 3.63) is 10.4 Å². The summed E-state index contributed by atoms with van der Waals surface area (Å²) in [5, 5.41) is 54.8. The maximum atomic E-state index is 10.8. The summed E-state index contributed by atoms with van der Waals surface area (Å²) >= 11 is 0. The second-order valence-corrected chi connectivity index (χ2v) is 8.34. The third-order valence-corrected chi connectivity index (χ3v) is 5.82. The number of rotatable bonds is 14. The van der Waals surface area contributed by atoms with Crippen LogP contribution in [0.1, 0.15) is 6.92 Å². The summed E-state index contributed by atoms with van der Waals surface area (Å²) in [5.41, 5.74) is 8.16. The van der Waals surface area contributed by atoms with Crippen LogP contribution in [0, 0.1) is 0 Å². The van der Waals surface area contributed by atoms with Crippen molar-refractivity contribution < 1.29 is 58.7 Å². The first-order valence-corrected chi connectivity index (χ1v) is 11.6. The maximum Gasteiger partial charge on any atom is 0.227 e. The van der Waals surface area contributed by atoms with Gasteiger partial charge in [0.15, 0.2) is 12.2 Å². The average Bonchev–Trinajstić information content (AvgIpc) is 3.25. The average molecular weight is 523 g/mol. The first-order valence-electron chi connectivity index (χ1n) is 11.6. The molecule has 2 fully saturated rings. The Morgan fingerprint density at radius 2 is 1.61 bits per heavy atom. The Bertz CT molecular complexity index is 756. The Morgan fingerprint density at radius 1 is 0.917 bits per heavy atom. The molecule has 2 saturated heterocycles. The van der Waals surface area contributed by atoms with Crippen LogP contribution in [0.15, 0.2) is 10.1 Å². The lowest BCUT2D eigenvalue weighted by Gasteiger charge is -2.45. The fourth-order valence-corrected chi connectivity index (χ4v) is 3.97. The number of hydrogen-bond donors (Lipinski definition) is 5. The lowest BCUT2D eigenvalue weighted by atomic mass is 9.96. The molecule has 16 heteroatoms. The fraction of sp³-hybridized carbons (Fsp3) is 0.950. The standard InChI is InChI=1S/C20H34N4O12/c1-10-23-13-15(27)18(11(8-25)34-19(13)33-10)36-20-17(29)16(28)14(26)12(35-20)9-32-7-6-31-5-4-30-3-2-22-24-21/h11-20,25-29H,2-9H2,1H3/t11-,12-,13-,14-,15-,16+,17-,18-,19+,20+/m1/s1. The van der Waals surface area contributed by atoms with E-state index in [2.05, 4.69) is 15.0 Å². The first kappa shape index (κ1) is 28.9. The van der Waals surface area contributed by atoms with Crippen molar-refractivity contribution in [1.82, 2.24) is 0 Å². The van der Waals surface area contributed by atoms with E-state index in [1.807, 2.05) is 0 Å². The molecule has 3 aliphatic rings. The summed E-state index contributed by atoms with van der Waals surface area (Å²) in [6.07, 6.45) is -11.6. The predicted octanol–water partition coefficient (Wildman–Crippen LogP) is -2.57. The molecule has 5 N–H and O–H groups in total. The molecule has 0 aromatic heterocycles. The van der Waals surface area contributed by atoms with Crippen molar-refractivity contribution in [2.75, 3.05) is 52.8 Å². The second-order valence-electron chi connectivity index (χ2n) is 8.34. The number of ether oxygens (including phenoxy) is 7. The highest BCUT2D eigenvalue weighted by Crippen LogP contribution is 2.32. The summed E-state index contributed by atoms with van der Waals surface area (Å²) in [6, 6.07) is -0.801. The van der Waals surface area contributed by atoms with Gasteiger partial charge in [-0.3, -0.25) is 0 Å². The molecule has 0 aromatic rings. The van der Waals surface area contributed by atoms with Crippen LogP contribution in [0.4, 0.5) is 0 Å². The molecule has 0 bridgehead atoms. The van der Waals surface area contributed by atoms with Crippen molar-refractivity contribution >= 4 is 5.90 Å². The molecule has 36 heavy (non-hydrogen) atoms. The van der Waals surface area contributed by atoms with Crippen molar-refractivity contribution in [2.45, 2.75) is 68.3 Å². The van der Waals surface area contributed by atoms with E-state index in [1.165, 1.54) is 0 Å². The third kappa shape index (κ3) is 7.44. The molecule has 0 saturated carbocycles. The van der Waals surface area contributed by atoms with Crippen LogP contribution >= 0.6 is 0 Å². The van der Waals surface area contributed by atoms with Crippen LogP contribution in [0.3, 0.4) is 0 Å². The van der Waals surface area contributed by atoms with Gasteiger partial charge in [0.05, 0.1) is 46.2 Å². The van der Waals surface area contributed by atoms with Gasteiger partial charge in [0.2, 0.25) is 6.29 Å². The minimum atomic E-state index is -1.65. The molecule has 3 heterocycles. The number of hydrogen-bond acceptors (Lipinski definition) is 14. The molecule has 3 aliphatic heterocycles. The van der Waals surface area contributed by atoms with E-state index in [-0.39, 0.29) is 26.4 Å². The topological polar surface area (TPSA) is 227 Å². The molecule has 0 aromatic carbocycles. The van der Waals surface area contributed by atoms with Crippen LogP contribution in [0.5, 0.6) is 0 Å². The third-order valence-electron chi connectivity index (χ3n) is 5.82. The molecule has 206 valence electrons. The number of aliphatic hydroxyl groups excluding tert-OH is 5. The molecular formula is C20H34N4O12. The molecule has 0 amide bonds. The van der Waals surface area contributed by atoms with E-state index in [0.29, 0.717) is 25.7 Å². The van der Waals surface area contributed by atoms with Crippen LogP contribution in [-0.2, 0) is 33.2 Å². The number of fused-ring (bicyclic) bond motifs is 1. The zero-order valence-electron chi connectivity index (χ0n) is 19.8. The fourth-order valence-electron chi connectivity index (χ4n) is 3.97. The van der Waals surface area contributed by atoms with Crippen LogP contribution in [-0.4, -0.2) is 146 Å². The van der Waals surface area contributed by atoms with Crippen LogP contribution in [0.2, 0.25) is 0 Å². The molecule has 0 unspecified atom stereocenters. The van der Waals surface area contributed by atoms with Crippen molar-refractivity contribution in [2.24, 2.45) is 10.1 Å². The summed E-state index contributed by atoms with van der Waals surface area (Å²) in [7, 11) is 0. The SMILES string of the molecule is CC1=N[C@H]2[C@@H](O1)O[C@H](CO)[C@@H](O[C@@H]1O[C@H](COCCOCCOCCN=[N+]=[N-])[C@@H](O)[C@H](O)[C@H]1O)[C@@H]2O. The predicted molar refractivity (Wildman–Crippen MR) is 118 cm³/mol. The van der Waals surface area contributed by atoms with Gasteiger partial charge < -0.3 is 58.7 Å². The van der Waals surface area contributed by atoms with Crippen LogP contribution in [0.25, 0.3) is 10.4 Å². The molecule has 0 aliphatic carbocycles. The monoisotopic (exact) mass is 522 g/mol. The van der Waals surface area contributed by atoms with Gasteiger partial charge in [0.1, 0.15) is 48.8 Å². The molecule has 0 radical (unpaired) electrons. The van der Waals surface area contributed by atoms with E-state index in [9.17, 15) is 25.5 Å². The summed E-state index contributed by atoms with van der Waals surface area (Å²) in [4.78, 5) is 6.78. The summed E-state index contributed by atoms with van der Waals surface area (Å²) < 4.78 is 38.4. The van der Waals surface area contributed by atoms with Gasteiger partial charge in [-0.2, -0.15) is 0 Å². The quantitative estimate of drug-likeness (QED) is 0.0687. The maximum absolute atomic E-state index is 10.8. The lowest BCUT2D eigenvalue weighted by Crippen LogP contribution is -2.64. The van der Waals surface area contributed by atoms with Gasteiger partial charge in [-0.1, -0.05) is 5.11 Å². The summed E-state index contributed by atoms with van der Waals surface area (Å²) in [6.45, 7) is 2.46. The Kier molecular flexibility index (Phi) is 11.5. The van der Waals surface area contributed by atoms with Crippen LogP contribution < -0.4 is 0 Å². The van der Waals surface area contributed by atoms with Crippen molar-refractivity contribution in [1.29, 1.82) is 0 Å². The van der Waals surface area contributed by atoms with E-state index in [1.54, 1.807) is 6.92 Å². The van der Waals surface area contributed by atoms with E-state index >= 15 is 0 Å². The van der Waals surface area contributed by atoms with E-state index in [4.69, 9.17) is 38.7 Å². The van der Waals surface area contributed by atoms with E-state index < -0.39 is 68.0 Å². The molecule has 3 rings (SSSR count). The number of nitrogens with zero attached hydrogens (tertiary/aromatic N) is 4. The Morgan fingerprint density at radius 3 is 2.31 bits per heavy atom. The zero-order chi connectivity index (χ0) is 26.1. The highest BCUT2D eigenvalue weighted by molar-refractivity contribution is 5.75. The minimum Gasteiger partial charge on any atom is -0.450 e. The first-order chi connectivity index (χ1) is 17.4. The second kappa shape index (κ2) is 14.3. The van der Waals surface area contributed by atoms with Gasteiger partial charge in [0, 0.05) is 18.4 Å². The van der Waals surface area contributed by atoms with Crippen molar-refractivity contribution in [3.63, 3.8) is 0 Å². The normalized spacial score (nSPS) is 38.1. The molecular weight excluding hydrogens is 488 g/mol. The summed E-state index contributed by atoms with van der Waals surface area (Å²) in [5.74, 6) is 0.313. The molecule has 10 atom stereocenters. The van der Waals surface area contributed by atoms with Gasteiger partial charge in [-0.05, 0) is 5.53 Å². The van der Waals surface area contributed by atoms with Gasteiger partial charge in [-0.25, -0.2) is 4.99 Å². The molecule has 0 spiro atoms. The smallest absolute Gasteiger partial charge is 0.227 e. The Labute approximate surface area is 206 Å². The highest BCUT2D eigenvalue weighted by atomic mass is 16.7.